The Labute approximate surface area is 179 Å². The van der Waals surface area contributed by atoms with Gasteiger partial charge in [0.2, 0.25) is 5.91 Å². The highest BCUT2D eigenvalue weighted by Crippen LogP contribution is 2.40. The minimum atomic E-state index is -0.101. The van der Waals surface area contributed by atoms with Crippen molar-refractivity contribution in [1.29, 1.82) is 0 Å². The Kier molecular flexibility index (Phi) is 11.4. The lowest BCUT2D eigenvalue weighted by atomic mass is 9.83. The van der Waals surface area contributed by atoms with Crippen LogP contribution in [0.1, 0.15) is 44.8 Å². The van der Waals surface area contributed by atoms with Crippen LogP contribution in [0.2, 0.25) is 0 Å². The Hall–Kier alpha value is -1.29. The first-order valence-electron chi connectivity index (χ1n) is 9.49. The second-order valence-corrected chi connectivity index (χ2v) is 6.79. The van der Waals surface area contributed by atoms with Gasteiger partial charge in [0.1, 0.15) is 5.76 Å². The van der Waals surface area contributed by atoms with E-state index in [4.69, 9.17) is 9.15 Å². The zero-order valence-corrected chi connectivity index (χ0v) is 18.7. The summed E-state index contributed by atoms with van der Waals surface area (Å²) in [5.41, 5.74) is 0.272. The van der Waals surface area contributed by atoms with E-state index in [0.29, 0.717) is 12.5 Å². The number of halogens is 1. The molecule has 1 saturated carbocycles. The zero-order chi connectivity index (χ0) is 18.7. The lowest BCUT2D eigenvalue weighted by Gasteiger charge is -2.30. The topological polar surface area (TPSA) is 87.9 Å². The van der Waals surface area contributed by atoms with Gasteiger partial charge in [0.25, 0.3) is 0 Å². The summed E-state index contributed by atoms with van der Waals surface area (Å²) in [6.45, 7) is 5.02. The summed E-state index contributed by atoms with van der Waals surface area (Å²) in [5.74, 6) is 1.29. The van der Waals surface area contributed by atoms with E-state index in [1.54, 1.807) is 19.4 Å². The summed E-state index contributed by atoms with van der Waals surface area (Å²) in [5, 5.41) is 9.27. The molecule has 0 spiro atoms. The predicted octanol–water partition coefficient (Wildman–Crippen LogP) is 2.67. The molecule has 1 fully saturated rings. The van der Waals surface area contributed by atoms with Crippen LogP contribution in [0.5, 0.6) is 0 Å². The van der Waals surface area contributed by atoms with Gasteiger partial charge < -0.3 is 25.1 Å². The highest BCUT2D eigenvalue weighted by Gasteiger charge is 2.33. The first-order valence-corrected chi connectivity index (χ1v) is 9.49. The van der Waals surface area contributed by atoms with Gasteiger partial charge >= 0.3 is 0 Å². The molecule has 0 unspecified atom stereocenters. The molecule has 1 aromatic rings. The van der Waals surface area contributed by atoms with Crippen LogP contribution in [0.3, 0.4) is 0 Å². The maximum atomic E-state index is 11.9. The molecule has 154 valence electrons. The summed E-state index contributed by atoms with van der Waals surface area (Å²) in [7, 11) is 1.72. The van der Waals surface area contributed by atoms with Gasteiger partial charge in [0, 0.05) is 26.8 Å². The third-order valence-corrected chi connectivity index (χ3v) is 4.96. The molecular weight excluding hydrogens is 459 g/mol. The van der Waals surface area contributed by atoms with Crippen molar-refractivity contribution < 1.29 is 13.9 Å². The Morgan fingerprint density at radius 2 is 2.07 bits per heavy atom. The Balaban J connectivity index is 0.00000364. The molecule has 1 aliphatic carbocycles. The normalized spacial score (nSPS) is 15.9. The number of hydrogen-bond acceptors (Lipinski definition) is 4. The maximum absolute atomic E-state index is 11.9. The van der Waals surface area contributed by atoms with Crippen LogP contribution in [-0.4, -0.2) is 45.2 Å². The average molecular weight is 492 g/mol. The lowest BCUT2D eigenvalue weighted by Crippen LogP contribution is -2.46. The van der Waals surface area contributed by atoms with Gasteiger partial charge in [-0.3, -0.25) is 9.79 Å². The molecular formula is C19H33IN4O3. The third kappa shape index (κ3) is 8.50. The quantitative estimate of drug-likeness (QED) is 0.202. The fourth-order valence-corrected chi connectivity index (χ4v) is 3.39. The van der Waals surface area contributed by atoms with Crippen LogP contribution in [0.15, 0.2) is 27.8 Å². The number of ether oxygens (including phenoxy) is 1. The van der Waals surface area contributed by atoms with E-state index in [0.717, 1.165) is 31.9 Å². The maximum Gasteiger partial charge on any atom is 0.239 e. The number of amides is 1. The Morgan fingerprint density at radius 3 is 2.70 bits per heavy atom. The van der Waals surface area contributed by atoms with Crippen LogP contribution in [-0.2, 0) is 16.1 Å². The fourth-order valence-electron chi connectivity index (χ4n) is 3.39. The zero-order valence-electron chi connectivity index (χ0n) is 16.4. The molecule has 7 nitrogen and oxygen atoms in total. The van der Waals surface area contributed by atoms with Gasteiger partial charge in [-0.1, -0.05) is 12.8 Å². The van der Waals surface area contributed by atoms with Crippen LogP contribution in [0.25, 0.3) is 0 Å². The fraction of sp³-hybridized carbons (Fsp3) is 0.684. The number of furan rings is 1. The first-order chi connectivity index (χ1) is 12.7. The van der Waals surface area contributed by atoms with Crippen molar-refractivity contribution in [3.63, 3.8) is 0 Å². The van der Waals surface area contributed by atoms with Crippen molar-refractivity contribution in [3.05, 3.63) is 24.2 Å². The van der Waals surface area contributed by atoms with Crippen molar-refractivity contribution in [2.45, 2.75) is 45.6 Å². The number of nitrogens with zero attached hydrogens (tertiary/aromatic N) is 1. The number of carbonyl (C=O) groups is 1. The molecule has 0 radical (unpaired) electrons. The molecule has 8 heteroatoms. The van der Waals surface area contributed by atoms with E-state index in [-0.39, 0.29) is 41.8 Å². The van der Waals surface area contributed by atoms with Gasteiger partial charge in [-0.05, 0) is 43.7 Å². The number of guanidine groups is 1. The second-order valence-electron chi connectivity index (χ2n) is 6.79. The smallest absolute Gasteiger partial charge is 0.239 e. The predicted molar refractivity (Wildman–Crippen MR) is 117 cm³/mol. The van der Waals surface area contributed by atoms with E-state index in [2.05, 4.69) is 20.9 Å². The van der Waals surface area contributed by atoms with Crippen molar-refractivity contribution in [3.8, 4) is 0 Å². The molecule has 0 bridgehead atoms. The number of hydrogen-bond donors (Lipinski definition) is 3. The van der Waals surface area contributed by atoms with Crippen molar-refractivity contribution in [2.75, 3.05) is 33.4 Å². The summed E-state index contributed by atoms with van der Waals surface area (Å²) in [6, 6.07) is 3.63. The first kappa shape index (κ1) is 23.7. The highest BCUT2D eigenvalue weighted by atomic mass is 127. The molecule has 3 N–H and O–H groups in total. The van der Waals surface area contributed by atoms with Gasteiger partial charge in [-0.15, -0.1) is 24.0 Å². The van der Waals surface area contributed by atoms with Gasteiger partial charge in [-0.25, -0.2) is 0 Å². The second kappa shape index (κ2) is 13.0. The SMILES string of the molecule is CCOCCC1(CNC(=NC)NCC(=O)NCc2ccco2)CCCC1.I. The molecule has 0 saturated heterocycles. The molecule has 0 aromatic carbocycles. The monoisotopic (exact) mass is 492 g/mol. The molecule has 0 atom stereocenters. The minimum absolute atomic E-state index is 0. The van der Waals surface area contributed by atoms with Crippen LogP contribution < -0.4 is 16.0 Å². The molecule has 1 aliphatic rings. The van der Waals surface area contributed by atoms with E-state index in [9.17, 15) is 4.79 Å². The Bertz CT molecular complexity index is 557. The largest absolute Gasteiger partial charge is 0.467 e. The average Bonchev–Trinajstić information content (AvgIpc) is 3.33. The molecule has 0 aliphatic heterocycles. The Morgan fingerprint density at radius 1 is 1.30 bits per heavy atom. The standard InChI is InChI=1S/C19H32N4O3.HI/c1-3-25-12-10-19(8-4-5-9-19)15-23-18(20-2)22-14-17(24)21-13-16-7-6-11-26-16;/h6-7,11H,3-5,8-10,12-15H2,1-2H3,(H,21,24)(H2,20,22,23);1H. The number of aliphatic imine (C=N–C) groups is 1. The van der Waals surface area contributed by atoms with Crippen molar-refractivity contribution in [1.82, 2.24) is 16.0 Å². The van der Waals surface area contributed by atoms with Crippen LogP contribution >= 0.6 is 24.0 Å². The molecule has 1 aromatic heterocycles. The molecule has 1 heterocycles. The number of nitrogens with one attached hydrogen (secondary N) is 3. The van der Waals surface area contributed by atoms with Crippen LogP contribution in [0, 0.1) is 5.41 Å². The molecule has 27 heavy (non-hydrogen) atoms. The summed E-state index contributed by atoms with van der Waals surface area (Å²) >= 11 is 0. The van der Waals surface area contributed by atoms with E-state index in [1.165, 1.54) is 25.7 Å². The van der Waals surface area contributed by atoms with E-state index >= 15 is 0 Å². The van der Waals surface area contributed by atoms with Crippen LogP contribution in [0.4, 0.5) is 0 Å². The van der Waals surface area contributed by atoms with Gasteiger partial charge in [0.05, 0.1) is 19.4 Å². The van der Waals surface area contributed by atoms with Gasteiger partial charge in [-0.2, -0.15) is 0 Å². The van der Waals surface area contributed by atoms with E-state index < -0.39 is 0 Å². The molecule has 2 rings (SSSR count). The van der Waals surface area contributed by atoms with Gasteiger partial charge in [0.15, 0.2) is 5.96 Å². The number of carbonyl (C=O) groups excluding carboxylic acids is 1. The van der Waals surface area contributed by atoms with E-state index in [1.807, 2.05) is 13.0 Å². The summed E-state index contributed by atoms with van der Waals surface area (Å²) in [4.78, 5) is 16.2. The minimum Gasteiger partial charge on any atom is -0.467 e. The van der Waals surface area contributed by atoms with Crippen molar-refractivity contribution in [2.24, 2.45) is 10.4 Å². The molecule has 1 amide bonds. The highest BCUT2D eigenvalue weighted by molar-refractivity contribution is 14.0. The summed E-state index contributed by atoms with van der Waals surface area (Å²) in [6.07, 6.45) is 7.63. The lowest BCUT2D eigenvalue weighted by molar-refractivity contribution is -0.120. The summed E-state index contributed by atoms with van der Waals surface area (Å²) < 4.78 is 10.8. The third-order valence-electron chi connectivity index (χ3n) is 4.96. The number of rotatable bonds is 10. The van der Waals surface area contributed by atoms with Crippen molar-refractivity contribution >= 4 is 35.8 Å².